The molecule has 2 aromatic heterocycles. The third-order valence-electron chi connectivity index (χ3n) is 3.18. The van der Waals surface area contributed by atoms with Gasteiger partial charge in [0.2, 0.25) is 0 Å². The lowest BCUT2D eigenvalue weighted by Crippen LogP contribution is -2.07. The number of nitrogens with zero attached hydrogens (tertiary/aromatic N) is 2. The van der Waals surface area contributed by atoms with Crippen molar-refractivity contribution in [1.29, 1.82) is 0 Å². The highest BCUT2D eigenvalue weighted by molar-refractivity contribution is 7.98. The molecule has 1 aromatic carbocycles. The van der Waals surface area contributed by atoms with E-state index in [4.69, 9.17) is 4.74 Å². The Morgan fingerprint density at radius 2 is 2.08 bits per heavy atom. The summed E-state index contributed by atoms with van der Waals surface area (Å²) in [7, 11) is 0. The highest BCUT2D eigenvalue weighted by atomic mass is 32.2. The molecule has 0 amide bonds. The van der Waals surface area contributed by atoms with Crippen molar-refractivity contribution in [2.45, 2.75) is 11.6 Å². The predicted molar refractivity (Wildman–Crippen MR) is 92.6 cm³/mol. The van der Waals surface area contributed by atoms with E-state index >= 15 is 0 Å². The molecule has 0 aliphatic heterocycles. The summed E-state index contributed by atoms with van der Waals surface area (Å²) < 4.78 is 18.3. The topological polar surface area (TPSA) is 52.1 Å². The monoisotopic (exact) mass is 360 g/mol. The van der Waals surface area contributed by atoms with Crippen LogP contribution in [0.1, 0.15) is 16.1 Å². The second-order valence-electron chi connectivity index (χ2n) is 4.79. The van der Waals surface area contributed by atoms with E-state index in [-0.39, 0.29) is 12.4 Å². The summed E-state index contributed by atoms with van der Waals surface area (Å²) in [6, 6.07) is 9.51. The quantitative estimate of drug-likeness (QED) is 0.498. The van der Waals surface area contributed by atoms with Crippen LogP contribution >= 0.6 is 23.1 Å². The van der Waals surface area contributed by atoms with Crippen LogP contribution in [0.2, 0.25) is 0 Å². The first-order chi connectivity index (χ1) is 11.7. The zero-order valence-electron chi connectivity index (χ0n) is 12.7. The average Bonchev–Trinajstić information content (AvgIpc) is 3.09. The Morgan fingerprint density at radius 3 is 2.83 bits per heavy atom. The first-order valence-electron chi connectivity index (χ1n) is 7.04. The zero-order chi connectivity index (χ0) is 16.9. The average molecular weight is 360 g/mol. The van der Waals surface area contributed by atoms with Crippen molar-refractivity contribution in [3.05, 3.63) is 65.0 Å². The molecule has 0 aliphatic rings. The fourth-order valence-corrected chi connectivity index (χ4v) is 3.37. The van der Waals surface area contributed by atoms with Crippen molar-refractivity contribution >= 4 is 29.1 Å². The van der Waals surface area contributed by atoms with Gasteiger partial charge < -0.3 is 4.74 Å². The van der Waals surface area contributed by atoms with E-state index in [2.05, 4.69) is 9.97 Å². The molecule has 24 heavy (non-hydrogen) atoms. The number of hydrogen-bond acceptors (Lipinski definition) is 6. The number of benzene rings is 1. The Kier molecular flexibility index (Phi) is 5.22. The van der Waals surface area contributed by atoms with E-state index in [1.165, 1.54) is 35.2 Å². The van der Waals surface area contributed by atoms with E-state index in [1.54, 1.807) is 30.5 Å². The second kappa shape index (κ2) is 7.55. The maximum absolute atomic E-state index is 13.0. The number of hydrogen-bond donors (Lipinski definition) is 0. The summed E-state index contributed by atoms with van der Waals surface area (Å²) in [5.74, 6) is -0.714. The normalized spacial score (nSPS) is 10.6. The molecule has 0 fully saturated rings. The minimum atomic E-state index is -0.427. The van der Waals surface area contributed by atoms with Crippen LogP contribution in [0.5, 0.6) is 0 Å². The fraction of sp³-hybridized carbons (Fsp3) is 0.118. The Hall–Kier alpha value is -2.25. The molecule has 122 valence electrons. The summed E-state index contributed by atoms with van der Waals surface area (Å²) in [5, 5.41) is 3.21. The number of halogens is 1. The van der Waals surface area contributed by atoms with Crippen molar-refractivity contribution in [2.75, 3.05) is 6.26 Å². The van der Waals surface area contributed by atoms with Gasteiger partial charge in [0.05, 0.1) is 11.3 Å². The summed E-state index contributed by atoms with van der Waals surface area (Å²) in [4.78, 5) is 20.7. The molecule has 0 saturated heterocycles. The largest absolute Gasteiger partial charge is 0.455 e. The molecule has 0 aliphatic carbocycles. The van der Waals surface area contributed by atoms with E-state index in [0.717, 1.165) is 10.6 Å². The third kappa shape index (κ3) is 3.80. The van der Waals surface area contributed by atoms with Gasteiger partial charge in [-0.25, -0.2) is 19.2 Å². The fourth-order valence-electron chi connectivity index (χ4n) is 2.02. The number of carbonyl (C=O) groups excluding carboxylic acids is 1. The second-order valence-corrected chi connectivity index (χ2v) is 6.44. The van der Waals surface area contributed by atoms with Crippen molar-refractivity contribution in [3.8, 4) is 10.6 Å². The van der Waals surface area contributed by atoms with Crippen molar-refractivity contribution in [1.82, 2.24) is 9.97 Å². The molecular weight excluding hydrogens is 347 g/mol. The highest BCUT2D eigenvalue weighted by Crippen LogP contribution is 2.24. The Balaban J connectivity index is 1.67. The summed E-state index contributed by atoms with van der Waals surface area (Å²) in [5.41, 5.74) is 1.93. The minimum absolute atomic E-state index is 0.0826. The van der Waals surface area contributed by atoms with Gasteiger partial charge in [-0.2, -0.15) is 0 Å². The van der Waals surface area contributed by atoms with Crippen molar-refractivity contribution < 1.29 is 13.9 Å². The molecule has 0 bridgehead atoms. The van der Waals surface area contributed by atoms with Crippen LogP contribution in [0, 0.1) is 5.82 Å². The molecule has 3 rings (SSSR count). The maximum atomic E-state index is 13.0. The molecule has 7 heteroatoms. The Bertz CT molecular complexity index is 850. The molecule has 0 spiro atoms. The van der Waals surface area contributed by atoms with Gasteiger partial charge in [0.15, 0.2) is 0 Å². The summed E-state index contributed by atoms with van der Waals surface area (Å²) in [6.07, 6.45) is 3.49. The SMILES string of the molecule is CSc1ncccc1C(=O)OCc1csc(-c2ccc(F)cc2)n1. The highest BCUT2D eigenvalue weighted by Gasteiger charge is 2.14. The number of esters is 1. The van der Waals surface area contributed by atoms with Gasteiger partial charge in [-0.15, -0.1) is 23.1 Å². The number of ether oxygens (including phenoxy) is 1. The maximum Gasteiger partial charge on any atom is 0.341 e. The molecule has 0 radical (unpaired) electrons. The lowest BCUT2D eigenvalue weighted by molar-refractivity contribution is 0.0463. The van der Waals surface area contributed by atoms with Crippen LogP contribution in [0.3, 0.4) is 0 Å². The van der Waals surface area contributed by atoms with Crippen molar-refractivity contribution in [3.63, 3.8) is 0 Å². The standard InChI is InChI=1S/C17H13FN2O2S2/c1-23-16-14(3-2-8-19-16)17(21)22-9-13-10-24-15(20-13)11-4-6-12(18)7-5-11/h2-8,10H,9H2,1H3. The number of thioether (sulfide) groups is 1. The number of carbonyl (C=O) groups is 1. The van der Waals surface area contributed by atoms with Crippen LogP contribution in [0.4, 0.5) is 4.39 Å². The van der Waals surface area contributed by atoms with E-state index < -0.39 is 5.97 Å². The van der Waals surface area contributed by atoms with Crippen LogP contribution in [0.25, 0.3) is 10.6 Å². The number of pyridine rings is 1. The van der Waals surface area contributed by atoms with Crippen molar-refractivity contribution in [2.24, 2.45) is 0 Å². The number of thiazole rings is 1. The molecule has 2 heterocycles. The molecule has 0 N–H and O–H groups in total. The van der Waals surface area contributed by atoms with E-state index in [0.29, 0.717) is 16.3 Å². The van der Waals surface area contributed by atoms with Crippen LogP contribution in [0.15, 0.2) is 53.0 Å². The molecule has 0 unspecified atom stereocenters. The first-order valence-corrected chi connectivity index (χ1v) is 9.14. The first kappa shape index (κ1) is 16.6. The van der Waals surface area contributed by atoms with Crippen LogP contribution in [-0.4, -0.2) is 22.2 Å². The number of aromatic nitrogens is 2. The molecular formula is C17H13FN2O2S2. The van der Waals surface area contributed by atoms with Gasteiger partial charge in [-0.1, -0.05) is 0 Å². The molecule has 0 atom stereocenters. The molecule has 0 saturated carbocycles. The third-order valence-corrected chi connectivity index (χ3v) is 4.83. The lowest BCUT2D eigenvalue weighted by atomic mass is 10.2. The van der Waals surface area contributed by atoms with Gasteiger partial charge >= 0.3 is 5.97 Å². The zero-order valence-corrected chi connectivity index (χ0v) is 14.4. The number of rotatable bonds is 5. The Labute approximate surface area is 146 Å². The van der Waals surface area contributed by atoms with Crippen LogP contribution in [-0.2, 0) is 11.3 Å². The van der Waals surface area contributed by atoms with E-state index in [9.17, 15) is 9.18 Å². The lowest BCUT2D eigenvalue weighted by Gasteiger charge is -2.05. The smallest absolute Gasteiger partial charge is 0.341 e. The molecule has 4 nitrogen and oxygen atoms in total. The van der Waals surface area contributed by atoms with Gasteiger partial charge in [-0.3, -0.25) is 0 Å². The summed E-state index contributed by atoms with van der Waals surface area (Å²) in [6.45, 7) is 0.0826. The van der Waals surface area contributed by atoms with Gasteiger partial charge in [0.25, 0.3) is 0 Å². The Morgan fingerprint density at radius 1 is 1.29 bits per heavy atom. The van der Waals surface area contributed by atoms with Gasteiger partial charge in [0.1, 0.15) is 22.5 Å². The van der Waals surface area contributed by atoms with Gasteiger partial charge in [-0.05, 0) is 42.7 Å². The molecule has 3 aromatic rings. The van der Waals surface area contributed by atoms with Crippen LogP contribution < -0.4 is 0 Å². The predicted octanol–water partition coefficient (Wildman–Crippen LogP) is 4.42. The van der Waals surface area contributed by atoms with E-state index in [1.807, 2.05) is 11.6 Å². The summed E-state index contributed by atoms with van der Waals surface area (Å²) >= 11 is 2.81. The van der Waals surface area contributed by atoms with Gasteiger partial charge in [0, 0.05) is 17.1 Å². The minimum Gasteiger partial charge on any atom is -0.455 e.